The van der Waals surface area contributed by atoms with Crippen LogP contribution in [0.5, 0.6) is 0 Å². The lowest BCUT2D eigenvalue weighted by atomic mass is 10.0. The minimum absolute atomic E-state index is 0.0210. The van der Waals surface area contributed by atoms with Crippen LogP contribution in [0.1, 0.15) is 38.7 Å². The number of carbonyl (C=O) groups excluding carboxylic acids is 1. The molecule has 19 heavy (non-hydrogen) atoms. The molecule has 0 aromatic heterocycles. The van der Waals surface area contributed by atoms with Crippen LogP contribution in [0, 0.1) is 5.92 Å². The highest BCUT2D eigenvalue weighted by atomic mass is 16.4. The fraction of sp³-hybridized carbons (Fsp3) is 0.467. The molecule has 1 aromatic carbocycles. The zero-order valence-electron chi connectivity index (χ0n) is 11.5. The second-order valence-corrected chi connectivity index (χ2v) is 4.86. The molecule has 1 atom stereocenters. The maximum absolute atomic E-state index is 11.7. The van der Waals surface area contributed by atoms with Gasteiger partial charge in [0, 0.05) is 18.5 Å². The van der Waals surface area contributed by atoms with Crippen molar-refractivity contribution in [3.05, 3.63) is 29.8 Å². The predicted octanol–water partition coefficient (Wildman–Crippen LogP) is 3.08. The van der Waals surface area contributed by atoms with Crippen molar-refractivity contribution < 1.29 is 14.7 Å². The average Bonchev–Trinajstić information content (AvgIpc) is 2.37. The predicted molar refractivity (Wildman–Crippen MR) is 75.1 cm³/mol. The second kappa shape index (κ2) is 7.56. The van der Waals surface area contributed by atoms with E-state index < -0.39 is 5.97 Å². The summed E-state index contributed by atoms with van der Waals surface area (Å²) in [4.78, 5) is 22.2. The molecule has 104 valence electrons. The minimum Gasteiger partial charge on any atom is -0.481 e. The molecule has 0 aliphatic carbocycles. The fourth-order valence-electron chi connectivity index (χ4n) is 1.68. The first-order valence-corrected chi connectivity index (χ1v) is 6.61. The molecule has 4 nitrogen and oxygen atoms in total. The summed E-state index contributed by atoms with van der Waals surface area (Å²) in [6, 6.07) is 7.32. The molecule has 0 saturated heterocycles. The highest BCUT2D eigenvalue weighted by Gasteiger charge is 2.07. The van der Waals surface area contributed by atoms with Gasteiger partial charge in [-0.2, -0.15) is 0 Å². The topological polar surface area (TPSA) is 66.4 Å². The van der Waals surface area contributed by atoms with Crippen molar-refractivity contribution in [2.75, 3.05) is 5.32 Å². The van der Waals surface area contributed by atoms with E-state index in [-0.39, 0.29) is 12.3 Å². The maximum atomic E-state index is 11.7. The molecule has 0 fully saturated rings. The van der Waals surface area contributed by atoms with E-state index in [0.29, 0.717) is 18.8 Å². The van der Waals surface area contributed by atoms with Crippen molar-refractivity contribution in [3.63, 3.8) is 0 Å². The van der Waals surface area contributed by atoms with Gasteiger partial charge in [0.1, 0.15) is 0 Å². The van der Waals surface area contributed by atoms with Gasteiger partial charge >= 0.3 is 5.97 Å². The standard InChI is InChI=1S/C15H21NO3/c1-3-11(2)10-14(17)16-13-7-4-12(5-8-13)6-9-15(18)19/h4-5,7-8,11H,3,6,9-10H2,1-2H3,(H,16,17)(H,18,19). The molecule has 2 N–H and O–H groups in total. The molecular formula is C15H21NO3. The van der Waals surface area contributed by atoms with Crippen LogP contribution in [0.4, 0.5) is 5.69 Å². The fourth-order valence-corrected chi connectivity index (χ4v) is 1.68. The van der Waals surface area contributed by atoms with Gasteiger partial charge in [0.15, 0.2) is 0 Å². The highest BCUT2D eigenvalue weighted by Crippen LogP contribution is 2.13. The van der Waals surface area contributed by atoms with E-state index >= 15 is 0 Å². The van der Waals surface area contributed by atoms with Crippen molar-refractivity contribution in [1.82, 2.24) is 0 Å². The van der Waals surface area contributed by atoms with E-state index in [0.717, 1.165) is 17.7 Å². The van der Waals surface area contributed by atoms with Crippen molar-refractivity contribution in [1.29, 1.82) is 0 Å². The van der Waals surface area contributed by atoms with Gasteiger partial charge in [0.05, 0.1) is 0 Å². The third-order valence-corrected chi connectivity index (χ3v) is 3.10. The number of carboxylic acid groups (broad SMARTS) is 1. The summed E-state index contributed by atoms with van der Waals surface area (Å²) in [5, 5.41) is 11.4. The van der Waals surface area contributed by atoms with Crippen LogP contribution < -0.4 is 5.32 Å². The van der Waals surface area contributed by atoms with Crippen LogP contribution in [0.3, 0.4) is 0 Å². The Kier molecular flexibility index (Phi) is 6.06. The normalized spacial score (nSPS) is 11.9. The number of amides is 1. The van der Waals surface area contributed by atoms with Crippen molar-refractivity contribution in [3.8, 4) is 0 Å². The van der Waals surface area contributed by atoms with E-state index in [1.54, 1.807) is 0 Å². The molecular weight excluding hydrogens is 242 g/mol. The number of aryl methyl sites for hydroxylation is 1. The molecule has 0 aliphatic rings. The Morgan fingerprint density at radius 3 is 2.42 bits per heavy atom. The Morgan fingerprint density at radius 2 is 1.89 bits per heavy atom. The quantitative estimate of drug-likeness (QED) is 0.794. The van der Waals surface area contributed by atoms with Crippen molar-refractivity contribution in [2.45, 2.75) is 39.5 Å². The maximum Gasteiger partial charge on any atom is 0.303 e. The third kappa shape index (κ3) is 6.04. The van der Waals surface area contributed by atoms with Crippen LogP contribution in [0.2, 0.25) is 0 Å². The number of carboxylic acids is 1. The first-order chi connectivity index (χ1) is 9.01. The summed E-state index contributed by atoms with van der Waals surface area (Å²) in [6.07, 6.45) is 2.15. The Morgan fingerprint density at radius 1 is 1.26 bits per heavy atom. The Balaban J connectivity index is 2.47. The van der Waals surface area contributed by atoms with Crippen molar-refractivity contribution in [2.24, 2.45) is 5.92 Å². The van der Waals surface area contributed by atoms with Crippen molar-refractivity contribution >= 4 is 17.6 Å². The van der Waals surface area contributed by atoms with Gasteiger partial charge in [-0.15, -0.1) is 0 Å². The summed E-state index contributed by atoms with van der Waals surface area (Å²) < 4.78 is 0. The molecule has 1 unspecified atom stereocenters. The van der Waals surface area contributed by atoms with E-state index in [4.69, 9.17) is 5.11 Å². The number of hydrogen-bond acceptors (Lipinski definition) is 2. The van der Waals surface area contributed by atoms with Crippen LogP contribution in [-0.2, 0) is 16.0 Å². The highest BCUT2D eigenvalue weighted by molar-refractivity contribution is 5.90. The SMILES string of the molecule is CCC(C)CC(=O)Nc1ccc(CCC(=O)O)cc1. The molecule has 0 bridgehead atoms. The Bertz CT molecular complexity index is 426. The molecule has 0 saturated carbocycles. The lowest BCUT2D eigenvalue weighted by Crippen LogP contribution is -2.14. The number of aliphatic carboxylic acids is 1. The molecule has 0 aliphatic heterocycles. The lowest BCUT2D eigenvalue weighted by Gasteiger charge is -2.09. The summed E-state index contributed by atoms with van der Waals surface area (Å²) in [6.45, 7) is 4.11. The van der Waals surface area contributed by atoms with Crippen LogP contribution >= 0.6 is 0 Å². The largest absolute Gasteiger partial charge is 0.481 e. The third-order valence-electron chi connectivity index (χ3n) is 3.10. The zero-order chi connectivity index (χ0) is 14.3. The second-order valence-electron chi connectivity index (χ2n) is 4.86. The number of anilines is 1. The number of hydrogen-bond donors (Lipinski definition) is 2. The first kappa shape index (κ1) is 15.2. The van der Waals surface area contributed by atoms with Gasteiger partial charge in [0.25, 0.3) is 0 Å². The van der Waals surface area contributed by atoms with Gasteiger partial charge in [-0.1, -0.05) is 32.4 Å². The summed E-state index contributed by atoms with van der Waals surface area (Å²) >= 11 is 0. The van der Waals surface area contributed by atoms with Gasteiger partial charge in [0.2, 0.25) is 5.91 Å². The number of nitrogens with one attached hydrogen (secondary N) is 1. The molecule has 0 radical (unpaired) electrons. The Hall–Kier alpha value is -1.84. The number of carbonyl (C=O) groups is 2. The van der Waals surface area contributed by atoms with E-state index in [9.17, 15) is 9.59 Å². The molecule has 4 heteroatoms. The number of rotatable bonds is 7. The molecule has 1 aromatic rings. The van der Waals surface area contributed by atoms with E-state index in [1.807, 2.05) is 24.3 Å². The van der Waals surface area contributed by atoms with Gasteiger partial charge in [-0.25, -0.2) is 0 Å². The van der Waals surface area contributed by atoms with Crippen LogP contribution in [0.15, 0.2) is 24.3 Å². The van der Waals surface area contributed by atoms with Gasteiger partial charge in [-0.3, -0.25) is 9.59 Å². The lowest BCUT2D eigenvalue weighted by molar-refractivity contribution is -0.137. The molecule has 0 spiro atoms. The monoisotopic (exact) mass is 263 g/mol. The minimum atomic E-state index is -0.800. The summed E-state index contributed by atoms with van der Waals surface area (Å²) in [5.74, 6) is -0.395. The molecule has 0 heterocycles. The Labute approximate surface area is 113 Å². The van der Waals surface area contributed by atoms with Gasteiger partial charge in [-0.05, 0) is 30.0 Å². The number of benzene rings is 1. The average molecular weight is 263 g/mol. The first-order valence-electron chi connectivity index (χ1n) is 6.61. The van der Waals surface area contributed by atoms with E-state index in [2.05, 4.69) is 19.2 Å². The summed E-state index contributed by atoms with van der Waals surface area (Å²) in [7, 11) is 0. The smallest absolute Gasteiger partial charge is 0.303 e. The molecule has 1 amide bonds. The van der Waals surface area contributed by atoms with E-state index in [1.165, 1.54) is 0 Å². The van der Waals surface area contributed by atoms with Gasteiger partial charge < -0.3 is 10.4 Å². The zero-order valence-corrected chi connectivity index (χ0v) is 11.5. The van der Waals surface area contributed by atoms with Crippen LogP contribution in [-0.4, -0.2) is 17.0 Å². The molecule has 1 rings (SSSR count). The summed E-state index contributed by atoms with van der Waals surface area (Å²) in [5.41, 5.74) is 1.72. The van der Waals surface area contributed by atoms with Crippen LogP contribution in [0.25, 0.3) is 0 Å².